The second-order valence-electron chi connectivity index (χ2n) is 3.84. The summed E-state index contributed by atoms with van der Waals surface area (Å²) in [5.41, 5.74) is 0.359. The number of aromatic nitrogens is 1. The summed E-state index contributed by atoms with van der Waals surface area (Å²) in [5, 5.41) is 13.0. The molecule has 94 valence electrons. The van der Waals surface area contributed by atoms with Gasteiger partial charge in [0.2, 0.25) is 0 Å². The van der Waals surface area contributed by atoms with Crippen LogP contribution in [0.25, 0.3) is 0 Å². The van der Waals surface area contributed by atoms with Crippen molar-refractivity contribution < 1.29 is 9.90 Å². The number of rotatable bonds is 6. The normalized spacial score (nSPS) is 13.7. The molecule has 0 aliphatic heterocycles. The third-order valence-corrected chi connectivity index (χ3v) is 3.78. The first-order valence-electron chi connectivity index (χ1n) is 5.62. The number of nitrogens with zero attached hydrogens (tertiary/aromatic N) is 1. The first-order chi connectivity index (χ1) is 8.04. The number of aliphatic carboxylic acids is 1. The summed E-state index contributed by atoms with van der Waals surface area (Å²) in [4.78, 5) is 16.2. The van der Waals surface area contributed by atoms with E-state index in [0.29, 0.717) is 12.1 Å². The highest BCUT2D eigenvalue weighted by Gasteiger charge is 2.08. The Balaban J connectivity index is 2.47. The first-order valence-corrected chi connectivity index (χ1v) is 6.44. The van der Waals surface area contributed by atoms with Crippen LogP contribution in [-0.4, -0.2) is 22.6 Å². The van der Waals surface area contributed by atoms with Crippen LogP contribution in [0.4, 0.5) is 0 Å². The van der Waals surface area contributed by atoms with Crippen molar-refractivity contribution in [2.75, 3.05) is 6.54 Å². The fourth-order valence-electron chi connectivity index (χ4n) is 1.25. The number of carboxylic acids is 1. The molecule has 4 nitrogen and oxygen atoms in total. The van der Waals surface area contributed by atoms with Gasteiger partial charge in [0, 0.05) is 23.2 Å². The van der Waals surface area contributed by atoms with E-state index < -0.39 is 5.97 Å². The van der Waals surface area contributed by atoms with Gasteiger partial charge in [-0.1, -0.05) is 13.0 Å². The van der Waals surface area contributed by atoms with Gasteiger partial charge < -0.3 is 10.4 Å². The van der Waals surface area contributed by atoms with E-state index in [1.165, 1.54) is 4.88 Å². The minimum atomic E-state index is -0.873. The Morgan fingerprint density at radius 1 is 1.71 bits per heavy atom. The molecule has 0 spiro atoms. The number of nitrogens with one attached hydrogen (secondary N) is 1. The van der Waals surface area contributed by atoms with Gasteiger partial charge >= 0.3 is 5.97 Å². The van der Waals surface area contributed by atoms with Gasteiger partial charge in [-0.05, 0) is 20.3 Å². The summed E-state index contributed by atoms with van der Waals surface area (Å²) in [7, 11) is 0. The maximum absolute atomic E-state index is 10.6. The molecule has 0 aliphatic carbocycles. The van der Waals surface area contributed by atoms with E-state index >= 15 is 0 Å². The summed E-state index contributed by atoms with van der Waals surface area (Å²) < 4.78 is 0. The second-order valence-corrected chi connectivity index (χ2v) is 4.99. The number of carbonyl (C=O) groups is 1. The van der Waals surface area contributed by atoms with Crippen LogP contribution in [-0.2, 0) is 11.2 Å². The van der Waals surface area contributed by atoms with Crippen molar-refractivity contribution in [3.63, 3.8) is 0 Å². The van der Waals surface area contributed by atoms with Crippen molar-refractivity contribution in [2.24, 2.45) is 0 Å². The molecule has 0 radical (unpaired) electrons. The maximum atomic E-state index is 10.6. The predicted molar refractivity (Wildman–Crippen MR) is 69.3 cm³/mol. The average molecular weight is 254 g/mol. The van der Waals surface area contributed by atoms with Crippen LogP contribution in [0.3, 0.4) is 0 Å². The van der Waals surface area contributed by atoms with Crippen LogP contribution in [0.5, 0.6) is 0 Å². The number of carboxylic acid groups (broad SMARTS) is 1. The van der Waals surface area contributed by atoms with Crippen LogP contribution in [0.1, 0.15) is 36.7 Å². The van der Waals surface area contributed by atoms with E-state index in [1.807, 2.05) is 13.1 Å². The molecule has 0 saturated carbocycles. The highest BCUT2D eigenvalue weighted by atomic mass is 32.1. The molecule has 1 unspecified atom stereocenters. The molecular weight excluding hydrogens is 236 g/mol. The molecule has 1 atom stereocenters. The molecule has 5 heteroatoms. The third kappa shape index (κ3) is 4.28. The highest BCUT2D eigenvalue weighted by Crippen LogP contribution is 2.19. The molecule has 17 heavy (non-hydrogen) atoms. The lowest BCUT2D eigenvalue weighted by molar-refractivity contribution is -0.132. The molecule has 0 fully saturated rings. The van der Waals surface area contributed by atoms with Gasteiger partial charge in [-0.25, -0.2) is 9.78 Å². The summed E-state index contributed by atoms with van der Waals surface area (Å²) in [5.74, 6) is -0.873. The zero-order chi connectivity index (χ0) is 12.8. The van der Waals surface area contributed by atoms with Crippen LogP contribution in [0.15, 0.2) is 17.8 Å². The Kier molecular flexibility index (Phi) is 5.31. The van der Waals surface area contributed by atoms with E-state index in [-0.39, 0.29) is 6.04 Å². The topological polar surface area (TPSA) is 62.2 Å². The first kappa shape index (κ1) is 13.9. The smallest absolute Gasteiger partial charge is 0.330 e. The summed E-state index contributed by atoms with van der Waals surface area (Å²) in [6.45, 7) is 6.27. The van der Waals surface area contributed by atoms with Gasteiger partial charge in [-0.15, -0.1) is 11.3 Å². The summed E-state index contributed by atoms with van der Waals surface area (Å²) in [6, 6.07) is 0.151. The molecule has 0 bridgehead atoms. The van der Waals surface area contributed by atoms with Gasteiger partial charge in [0.15, 0.2) is 0 Å². The van der Waals surface area contributed by atoms with Gasteiger partial charge in [-0.3, -0.25) is 0 Å². The highest BCUT2D eigenvalue weighted by molar-refractivity contribution is 7.11. The third-order valence-electron chi connectivity index (χ3n) is 2.46. The van der Waals surface area contributed by atoms with Gasteiger partial charge in [0.05, 0.1) is 6.04 Å². The Hall–Kier alpha value is -1.20. The van der Waals surface area contributed by atoms with Crippen LogP contribution >= 0.6 is 11.3 Å². The van der Waals surface area contributed by atoms with Crippen molar-refractivity contribution in [3.05, 3.63) is 27.7 Å². The molecule has 0 aliphatic rings. The lowest BCUT2D eigenvalue weighted by Gasteiger charge is -2.08. The number of aryl methyl sites for hydroxylation is 1. The quantitative estimate of drug-likeness (QED) is 0.765. The minimum absolute atomic E-state index is 0.151. The van der Waals surface area contributed by atoms with E-state index in [9.17, 15) is 4.79 Å². The molecule has 0 aromatic carbocycles. The van der Waals surface area contributed by atoms with Crippen molar-refractivity contribution in [1.82, 2.24) is 10.3 Å². The van der Waals surface area contributed by atoms with Crippen molar-refractivity contribution in [1.29, 1.82) is 0 Å². The Labute approximate surface area is 105 Å². The molecule has 0 amide bonds. The van der Waals surface area contributed by atoms with Crippen LogP contribution < -0.4 is 5.32 Å². The number of hydrogen-bond donors (Lipinski definition) is 2. The summed E-state index contributed by atoms with van der Waals surface area (Å²) >= 11 is 1.70. The molecule has 1 aromatic rings. The van der Waals surface area contributed by atoms with Crippen LogP contribution in [0.2, 0.25) is 0 Å². The molecule has 1 aromatic heterocycles. The van der Waals surface area contributed by atoms with Crippen molar-refractivity contribution >= 4 is 17.3 Å². The lowest BCUT2D eigenvalue weighted by Crippen LogP contribution is -2.19. The summed E-state index contributed by atoms with van der Waals surface area (Å²) in [6.07, 6.45) is 4.58. The molecular formula is C12H18N2O2S. The zero-order valence-corrected chi connectivity index (χ0v) is 11.2. The molecule has 2 N–H and O–H groups in total. The molecule has 0 saturated heterocycles. The van der Waals surface area contributed by atoms with Gasteiger partial charge in [-0.2, -0.15) is 0 Å². The standard InChI is InChI=1S/C12H18N2O2S/c1-4-10-7-14-11(17-10)9(3)13-6-5-8(2)12(15)16/h5,7,9,13H,4,6H2,1-3H3,(H,15,16)/b8-5-. The van der Waals surface area contributed by atoms with Crippen molar-refractivity contribution in [2.45, 2.75) is 33.2 Å². The van der Waals surface area contributed by atoms with E-state index in [1.54, 1.807) is 24.3 Å². The zero-order valence-electron chi connectivity index (χ0n) is 10.4. The maximum Gasteiger partial charge on any atom is 0.330 e. The predicted octanol–water partition coefficient (Wildman–Crippen LogP) is 2.39. The molecule has 1 heterocycles. The van der Waals surface area contributed by atoms with E-state index in [2.05, 4.69) is 17.2 Å². The largest absolute Gasteiger partial charge is 0.478 e. The minimum Gasteiger partial charge on any atom is -0.478 e. The Morgan fingerprint density at radius 3 is 2.94 bits per heavy atom. The number of hydrogen-bond acceptors (Lipinski definition) is 4. The Bertz CT molecular complexity index is 412. The second kappa shape index (κ2) is 6.51. The van der Waals surface area contributed by atoms with Crippen molar-refractivity contribution in [3.8, 4) is 0 Å². The number of thiazole rings is 1. The van der Waals surface area contributed by atoms with Crippen LogP contribution in [0, 0.1) is 0 Å². The SMILES string of the molecule is CCc1cnc(C(C)NC/C=C(/C)C(=O)O)s1. The van der Waals surface area contributed by atoms with Gasteiger partial charge in [0.25, 0.3) is 0 Å². The fraction of sp³-hybridized carbons (Fsp3) is 0.500. The van der Waals surface area contributed by atoms with E-state index in [0.717, 1.165) is 11.4 Å². The average Bonchev–Trinajstić information content (AvgIpc) is 2.77. The van der Waals surface area contributed by atoms with E-state index in [4.69, 9.17) is 5.11 Å². The Morgan fingerprint density at radius 2 is 2.41 bits per heavy atom. The lowest BCUT2D eigenvalue weighted by atomic mass is 10.3. The van der Waals surface area contributed by atoms with Gasteiger partial charge in [0.1, 0.15) is 5.01 Å². The fourth-order valence-corrected chi connectivity index (χ4v) is 2.13. The monoisotopic (exact) mass is 254 g/mol. The molecule has 1 rings (SSSR count).